The maximum Gasteiger partial charge on any atom is 0.0937 e. The third-order valence-electron chi connectivity index (χ3n) is 5.04. The lowest BCUT2D eigenvalue weighted by Crippen LogP contribution is -2.50. The van der Waals surface area contributed by atoms with Gasteiger partial charge in [0.25, 0.3) is 0 Å². The van der Waals surface area contributed by atoms with Gasteiger partial charge in [-0.25, -0.2) is 0 Å². The van der Waals surface area contributed by atoms with Crippen molar-refractivity contribution in [1.82, 2.24) is 0 Å². The van der Waals surface area contributed by atoms with Crippen LogP contribution in [-0.2, 0) is 5.60 Å². The first-order chi connectivity index (χ1) is 8.91. The summed E-state index contributed by atoms with van der Waals surface area (Å²) in [7, 11) is 0. The number of halogens is 1. The summed E-state index contributed by atoms with van der Waals surface area (Å²) in [5, 5.41) is 11.8. The molecule has 0 aliphatic heterocycles. The Labute approximate surface area is 121 Å². The molecule has 0 aromatic heterocycles. The van der Waals surface area contributed by atoms with E-state index < -0.39 is 5.60 Å². The van der Waals surface area contributed by atoms with Crippen molar-refractivity contribution < 1.29 is 5.11 Å². The van der Waals surface area contributed by atoms with Crippen molar-refractivity contribution in [3.05, 3.63) is 34.9 Å². The second kappa shape index (κ2) is 5.43. The molecule has 0 radical (unpaired) electrons. The average molecular weight is 282 g/mol. The average Bonchev–Trinajstić information content (AvgIpc) is 2.40. The molecule has 1 saturated carbocycles. The number of aliphatic hydroxyl groups is 1. The first-order valence-electron chi connectivity index (χ1n) is 7.10. The molecule has 2 rings (SSSR count). The predicted octanol–water partition coefficient (Wildman–Crippen LogP) is 3.70. The molecule has 0 saturated heterocycles. The van der Waals surface area contributed by atoms with Gasteiger partial charge in [0.2, 0.25) is 0 Å². The van der Waals surface area contributed by atoms with Crippen molar-refractivity contribution >= 4 is 11.6 Å². The first-order valence-corrected chi connectivity index (χ1v) is 7.47. The summed E-state index contributed by atoms with van der Waals surface area (Å²) in [5.41, 5.74) is 5.77. The Morgan fingerprint density at radius 3 is 2.58 bits per heavy atom. The highest BCUT2D eigenvalue weighted by Gasteiger charge is 2.48. The lowest BCUT2D eigenvalue weighted by molar-refractivity contribution is -0.0970. The molecule has 0 amide bonds. The van der Waals surface area contributed by atoms with Crippen molar-refractivity contribution in [2.24, 2.45) is 17.1 Å². The molecule has 1 atom stereocenters. The molecule has 1 unspecified atom stereocenters. The summed E-state index contributed by atoms with van der Waals surface area (Å²) in [5.74, 6) is 0.731. The van der Waals surface area contributed by atoms with E-state index in [4.69, 9.17) is 17.3 Å². The van der Waals surface area contributed by atoms with Gasteiger partial charge < -0.3 is 10.8 Å². The Bertz CT molecular complexity index is 436. The van der Waals surface area contributed by atoms with Crippen LogP contribution in [0.15, 0.2) is 24.3 Å². The fourth-order valence-corrected chi connectivity index (χ4v) is 3.49. The van der Waals surface area contributed by atoms with Crippen molar-refractivity contribution in [1.29, 1.82) is 0 Å². The minimum Gasteiger partial charge on any atom is -0.385 e. The number of nitrogens with two attached hydrogens (primary N) is 1. The van der Waals surface area contributed by atoms with E-state index >= 15 is 0 Å². The molecule has 1 aliphatic carbocycles. The number of benzene rings is 1. The van der Waals surface area contributed by atoms with Crippen LogP contribution in [0.3, 0.4) is 0 Å². The van der Waals surface area contributed by atoms with Gasteiger partial charge in [-0.2, -0.15) is 0 Å². The van der Waals surface area contributed by atoms with Crippen LogP contribution in [-0.4, -0.2) is 11.7 Å². The van der Waals surface area contributed by atoms with Crippen LogP contribution in [0.1, 0.15) is 45.1 Å². The zero-order valence-electron chi connectivity index (χ0n) is 11.8. The van der Waals surface area contributed by atoms with Crippen molar-refractivity contribution in [3.63, 3.8) is 0 Å². The molecule has 3 heteroatoms. The molecule has 0 spiro atoms. The van der Waals surface area contributed by atoms with Gasteiger partial charge in [0.05, 0.1) is 5.60 Å². The summed E-state index contributed by atoms with van der Waals surface area (Å²) in [4.78, 5) is 0. The topological polar surface area (TPSA) is 46.2 Å². The van der Waals surface area contributed by atoms with E-state index in [-0.39, 0.29) is 5.41 Å². The maximum absolute atomic E-state index is 11.1. The van der Waals surface area contributed by atoms with E-state index in [2.05, 4.69) is 6.92 Å². The van der Waals surface area contributed by atoms with Crippen LogP contribution in [0.2, 0.25) is 5.02 Å². The van der Waals surface area contributed by atoms with Crippen LogP contribution in [0.25, 0.3) is 0 Å². The Balaban J connectivity index is 2.35. The van der Waals surface area contributed by atoms with Crippen LogP contribution in [0.4, 0.5) is 0 Å². The smallest absolute Gasteiger partial charge is 0.0937 e. The highest BCUT2D eigenvalue weighted by Crippen LogP contribution is 2.50. The number of hydrogen-bond acceptors (Lipinski definition) is 2. The summed E-state index contributed by atoms with van der Waals surface area (Å²) >= 11 is 6.06. The summed E-state index contributed by atoms with van der Waals surface area (Å²) in [6.45, 7) is 4.68. The van der Waals surface area contributed by atoms with Crippen LogP contribution in [0, 0.1) is 11.3 Å². The largest absolute Gasteiger partial charge is 0.385 e. The third kappa shape index (κ3) is 2.67. The van der Waals surface area contributed by atoms with Gasteiger partial charge >= 0.3 is 0 Å². The van der Waals surface area contributed by atoms with E-state index in [0.717, 1.165) is 37.2 Å². The molecule has 106 valence electrons. The quantitative estimate of drug-likeness (QED) is 0.887. The SMILES string of the molecule is CC1CCC(CN)(C(C)(O)c2cccc(Cl)c2)CC1. The molecule has 0 bridgehead atoms. The van der Waals surface area contributed by atoms with Crippen LogP contribution >= 0.6 is 11.6 Å². The zero-order valence-corrected chi connectivity index (χ0v) is 12.6. The second-order valence-corrected chi connectivity index (χ2v) is 6.69. The Morgan fingerprint density at radius 1 is 1.42 bits per heavy atom. The normalized spacial score (nSPS) is 30.9. The monoisotopic (exact) mass is 281 g/mol. The highest BCUT2D eigenvalue weighted by molar-refractivity contribution is 6.30. The summed E-state index contributed by atoms with van der Waals surface area (Å²) in [6, 6.07) is 7.53. The van der Waals surface area contributed by atoms with E-state index in [0.29, 0.717) is 11.6 Å². The van der Waals surface area contributed by atoms with E-state index in [9.17, 15) is 5.11 Å². The lowest BCUT2D eigenvalue weighted by atomic mass is 9.60. The minimum absolute atomic E-state index is 0.232. The highest BCUT2D eigenvalue weighted by atomic mass is 35.5. The Hall–Kier alpha value is -0.570. The van der Waals surface area contributed by atoms with Gasteiger partial charge in [-0.05, 0) is 43.4 Å². The standard InChI is InChI=1S/C16H24ClNO/c1-12-6-8-16(11-18,9-7-12)15(2,19)13-4-3-5-14(17)10-13/h3-5,10,12,19H,6-9,11,18H2,1-2H3. The molecule has 1 aromatic carbocycles. The molecule has 3 N–H and O–H groups in total. The summed E-state index contributed by atoms with van der Waals surface area (Å²) in [6.07, 6.45) is 4.22. The molecule has 1 aliphatic rings. The fourth-order valence-electron chi connectivity index (χ4n) is 3.30. The lowest BCUT2D eigenvalue weighted by Gasteiger charge is -2.49. The molecule has 1 aromatic rings. The van der Waals surface area contributed by atoms with Gasteiger partial charge in [-0.3, -0.25) is 0 Å². The van der Waals surface area contributed by atoms with Gasteiger partial charge in [-0.1, -0.05) is 43.5 Å². The van der Waals surface area contributed by atoms with Crippen LogP contribution in [0.5, 0.6) is 0 Å². The van der Waals surface area contributed by atoms with Crippen molar-refractivity contribution in [2.45, 2.75) is 45.1 Å². The molecular formula is C16H24ClNO. The zero-order chi connectivity index (χ0) is 14.1. The van der Waals surface area contributed by atoms with Gasteiger partial charge in [0.15, 0.2) is 0 Å². The van der Waals surface area contributed by atoms with Gasteiger partial charge in [-0.15, -0.1) is 0 Å². The molecule has 0 heterocycles. The number of rotatable bonds is 3. The first kappa shape index (κ1) is 14.8. The summed E-state index contributed by atoms with van der Waals surface area (Å²) < 4.78 is 0. The molecular weight excluding hydrogens is 258 g/mol. The number of hydrogen-bond donors (Lipinski definition) is 2. The van der Waals surface area contributed by atoms with Gasteiger partial charge in [0, 0.05) is 17.0 Å². The van der Waals surface area contributed by atoms with E-state index in [1.165, 1.54) is 0 Å². The third-order valence-corrected chi connectivity index (χ3v) is 5.28. The van der Waals surface area contributed by atoms with E-state index in [1.807, 2.05) is 31.2 Å². The second-order valence-electron chi connectivity index (χ2n) is 6.25. The van der Waals surface area contributed by atoms with Crippen molar-refractivity contribution in [2.75, 3.05) is 6.54 Å². The Morgan fingerprint density at radius 2 is 2.05 bits per heavy atom. The maximum atomic E-state index is 11.1. The van der Waals surface area contributed by atoms with Crippen LogP contribution < -0.4 is 5.73 Å². The van der Waals surface area contributed by atoms with Gasteiger partial charge in [0.1, 0.15) is 0 Å². The molecule has 1 fully saturated rings. The fraction of sp³-hybridized carbons (Fsp3) is 0.625. The van der Waals surface area contributed by atoms with E-state index in [1.54, 1.807) is 0 Å². The minimum atomic E-state index is -0.924. The molecule has 2 nitrogen and oxygen atoms in total. The Kier molecular flexibility index (Phi) is 4.24. The van der Waals surface area contributed by atoms with Crippen molar-refractivity contribution in [3.8, 4) is 0 Å². The molecule has 19 heavy (non-hydrogen) atoms. The predicted molar refractivity (Wildman–Crippen MR) is 80.1 cm³/mol.